The second-order valence-corrected chi connectivity index (χ2v) is 7.50. The summed E-state index contributed by atoms with van der Waals surface area (Å²) in [7, 11) is 1.68. The molecule has 0 N–H and O–H groups in total. The maximum absolute atomic E-state index is 12.6. The molecular formula is C23H26N2O4. The molecule has 2 aromatic carbocycles. The van der Waals surface area contributed by atoms with Gasteiger partial charge in [-0.15, -0.1) is 0 Å². The predicted octanol–water partition coefficient (Wildman–Crippen LogP) is 2.94. The van der Waals surface area contributed by atoms with E-state index in [-0.39, 0.29) is 24.8 Å². The highest BCUT2D eigenvalue weighted by atomic mass is 16.5. The Morgan fingerprint density at radius 1 is 1.14 bits per heavy atom. The third-order valence-corrected chi connectivity index (χ3v) is 5.08. The molecule has 1 heterocycles. The number of rotatable bonds is 6. The van der Waals surface area contributed by atoms with E-state index in [0.29, 0.717) is 6.54 Å². The van der Waals surface area contributed by atoms with Gasteiger partial charge < -0.3 is 14.5 Å². The smallest absolute Gasteiger partial charge is 0.312 e. The van der Waals surface area contributed by atoms with Gasteiger partial charge in [0.2, 0.25) is 5.91 Å². The highest BCUT2D eigenvalue weighted by Gasteiger charge is 2.37. The van der Waals surface area contributed by atoms with Gasteiger partial charge in [0.05, 0.1) is 5.92 Å². The minimum absolute atomic E-state index is 0.0907. The number of hydrogen-bond donors (Lipinski definition) is 0. The monoisotopic (exact) mass is 394 g/mol. The van der Waals surface area contributed by atoms with Crippen molar-refractivity contribution in [2.24, 2.45) is 5.92 Å². The van der Waals surface area contributed by atoms with E-state index in [1.54, 1.807) is 18.9 Å². The van der Waals surface area contributed by atoms with Crippen molar-refractivity contribution in [2.75, 3.05) is 18.5 Å². The quantitative estimate of drug-likeness (QED) is 0.707. The van der Waals surface area contributed by atoms with Gasteiger partial charge in [0.1, 0.15) is 0 Å². The lowest BCUT2D eigenvalue weighted by Crippen LogP contribution is -2.38. The van der Waals surface area contributed by atoms with Gasteiger partial charge in [-0.25, -0.2) is 0 Å². The molecule has 6 heteroatoms. The summed E-state index contributed by atoms with van der Waals surface area (Å²) in [6, 6.07) is 17.2. The number of hydrogen-bond acceptors (Lipinski definition) is 4. The number of esters is 1. The number of carbonyl (C=O) groups is 3. The zero-order valence-electron chi connectivity index (χ0n) is 17.0. The van der Waals surface area contributed by atoms with Crippen molar-refractivity contribution in [3.63, 3.8) is 0 Å². The van der Waals surface area contributed by atoms with Crippen molar-refractivity contribution in [3.05, 3.63) is 65.7 Å². The summed E-state index contributed by atoms with van der Waals surface area (Å²) >= 11 is 0. The van der Waals surface area contributed by atoms with Crippen LogP contribution in [0.4, 0.5) is 5.69 Å². The summed E-state index contributed by atoms with van der Waals surface area (Å²) < 4.78 is 5.40. The molecule has 3 rings (SSSR count). The lowest BCUT2D eigenvalue weighted by atomic mass is 10.1. The van der Waals surface area contributed by atoms with Crippen molar-refractivity contribution in [1.82, 2.24) is 4.90 Å². The minimum atomic E-state index is -0.903. The van der Waals surface area contributed by atoms with Crippen LogP contribution in [0.25, 0.3) is 0 Å². The number of benzene rings is 2. The summed E-state index contributed by atoms with van der Waals surface area (Å²) in [5.74, 6) is -1.47. The lowest BCUT2D eigenvalue weighted by Gasteiger charge is -2.22. The van der Waals surface area contributed by atoms with Crippen molar-refractivity contribution < 1.29 is 19.1 Å². The number of carbonyl (C=O) groups excluding carboxylic acids is 3. The molecule has 2 unspecified atom stereocenters. The van der Waals surface area contributed by atoms with Crippen LogP contribution in [0, 0.1) is 12.8 Å². The Labute approximate surface area is 171 Å². The average Bonchev–Trinajstić information content (AvgIpc) is 3.10. The van der Waals surface area contributed by atoms with E-state index >= 15 is 0 Å². The third kappa shape index (κ3) is 5.02. The number of aryl methyl sites for hydroxylation is 1. The fourth-order valence-corrected chi connectivity index (χ4v) is 3.41. The molecular weight excluding hydrogens is 368 g/mol. The van der Waals surface area contributed by atoms with Crippen molar-refractivity contribution in [3.8, 4) is 0 Å². The highest BCUT2D eigenvalue weighted by Crippen LogP contribution is 2.26. The second-order valence-electron chi connectivity index (χ2n) is 7.50. The summed E-state index contributed by atoms with van der Waals surface area (Å²) in [5, 5.41) is 0. The Morgan fingerprint density at radius 2 is 1.79 bits per heavy atom. The summed E-state index contributed by atoms with van der Waals surface area (Å²) in [6.07, 6.45) is -0.812. The summed E-state index contributed by atoms with van der Waals surface area (Å²) in [4.78, 5) is 40.6. The molecule has 2 amide bonds. The Kier molecular flexibility index (Phi) is 6.32. The van der Waals surface area contributed by atoms with Gasteiger partial charge >= 0.3 is 5.97 Å². The zero-order valence-corrected chi connectivity index (χ0v) is 17.0. The zero-order chi connectivity index (χ0) is 21.0. The molecule has 0 aromatic heterocycles. The van der Waals surface area contributed by atoms with E-state index in [1.807, 2.05) is 61.5 Å². The fourth-order valence-electron chi connectivity index (χ4n) is 3.41. The lowest BCUT2D eigenvalue weighted by molar-refractivity contribution is -0.161. The van der Waals surface area contributed by atoms with Crippen LogP contribution in [0.1, 0.15) is 24.5 Å². The highest BCUT2D eigenvalue weighted by molar-refractivity contribution is 5.99. The van der Waals surface area contributed by atoms with E-state index in [1.165, 1.54) is 4.90 Å². The molecule has 0 radical (unpaired) electrons. The van der Waals surface area contributed by atoms with Gasteiger partial charge in [-0.1, -0.05) is 48.0 Å². The topological polar surface area (TPSA) is 66.9 Å². The molecule has 0 saturated carbocycles. The third-order valence-electron chi connectivity index (χ3n) is 5.08. The maximum atomic E-state index is 12.6. The van der Waals surface area contributed by atoms with E-state index in [4.69, 9.17) is 4.74 Å². The van der Waals surface area contributed by atoms with Crippen LogP contribution in [0.2, 0.25) is 0 Å². The van der Waals surface area contributed by atoms with Crippen LogP contribution in [0.15, 0.2) is 54.6 Å². The van der Waals surface area contributed by atoms with Crippen molar-refractivity contribution >= 4 is 23.5 Å². The molecule has 1 aliphatic heterocycles. The van der Waals surface area contributed by atoms with Crippen LogP contribution in [-0.4, -0.2) is 42.4 Å². The standard InChI is InChI=1S/C23H26N2O4/c1-16-9-11-20(12-10-16)25-15-19(13-21(25)26)23(28)29-17(2)22(27)24(3)14-18-7-5-4-6-8-18/h4-12,17,19H,13-15H2,1-3H3. The molecule has 1 fully saturated rings. The van der Waals surface area contributed by atoms with Gasteiger partial charge in [0, 0.05) is 32.2 Å². The number of nitrogens with zero attached hydrogens (tertiary/aromatic N) is 2. The molecule has 0 aliphatic carbocycles. The Bertz CT molecular complexity index is 880. The number of amides is 2. The van der Waals surface area contributed by atoms with Crippen LogP contribution >= 0.6 is 0 Å². The van der Waals surface area contributed by atoms with Gasteiger partial charge in [-0.05, 0) is 31.5 Å². The van der Waals surface area contributed by atoms with Crippen LogP contribution in [0.3, 0.4) is 0 Å². The molecule has 152 valence electrons. The largest absolute Gasteiger partial charge is 0.452 e. The van der Waals surface area contributed by atoms with E-state index in [9.17, 15) is 14.4 Å². The van der Waals surface area contributed by atoms with Gasteiger partial charge in [-0.3, -0.25) is 14.4 Å². The number of anilines is 1. The molecule has 2 aromatic rings. The number of likely N-dealkylation sites (N-methyl/N-ethyl adjacent to an activating group) is 1. The van der Waals surface area contributed by atoms with E-state index < -0.39 is 18.0 Å². The first-order valence-electron chi connectivity index (χ1n) is 9.71. The normalized spacial score (nSPS) is 17.1. The molecule has 29 heavy (non-hydrogen) atoms. The Balaban J connectivity index is 1.56. The first-order chi connectivity index (χ1) is 13.8. The van der Waals surface area contributed by atoms with E-state index in [0.717, 1.165) is 16.8 Å². The SMILES string of the molecule is Cc1ccc(N2CC(C(=O)OC(C)C(=O)N(C)Cc3ccccc3)CC2=O)cc1. The predicted molar refractivity (Wildman–Crippen MR) is 110 cm³/mol. The Morgan fingerprint density at radius 3 is 2.45 bits per heavy atom. The van der Waals surface area contributed by atoms with E-state index in [2.05, 4.69) is 0 Å². The fraction of sp³-hybridized carbons (Fsp3) is 0.348. The first kappa shape index (κ1) is 20.6. The average molecular weight is 394 g/mol. The molecule has 1 saturated heterocycles. The Hall–Kier alpha value is -3.15. The van der Waals surface area contributed by atoms with Crippen molar-refractivity contribution in [2.45, 2.75) is 32.9 Å². The van der Waals surface area contributed by atoms with Crippen LogP contribution in [0.5, 0.6) is 0 Å². The minimum Gasteiger partial charge on any atom is -0.452 e. The van der Waals surface area contributed by atoms with Gasteiger partial charge in [0.25, 0.3) is 5.91 Å². The van der Waals surface area contributed by atoms with Crippen LogP contribution in [-0.2, 0) is 25.7 Å². The summed E-state index contributed by atoms with van der Waals surface area (Å²) in [5.41, 5.74) is 2.86. The molecule has 1 aliphatic rings. The molecule has 0 spiro atoms. The van der Waals surface area contributed by atoms with Gasteiger partial charge in [-0.2, -0.15) is 0 Å². The molecule has 2 atom stereocenters. The summed E-state index contributed by atoms with van der Waals surface area (Å²) in [6.45, 7) is 4.24. The van der Waals surface area contributed by atoms with Crippen LogP contribution < -0.4 is 4.90 Å². The first-order valence-corrected chi connectivity index (χ1v) is 9.71. The second kappa shape index (κ2) is 8.90. The van der Waals surface area contributed by atoms with Gasteiger partial charge in [0.15, 0.2) is 6.10 Å². The van der Waals surface area contributed by atoms with Crippen molar-refractivity contribution in [1.29, 1.82) is 0 Å². The molecule has 0 bridgehead atoms. The number of ether oxygens (including phenoxy) is 1. The molecule has 6 nitrogen and oxygen atoms in total. The maximum Gasteiger partial charge on any atom is 0.312 e.